The standard InChI is InChI=1S/C29H33F3N4O3/c1-16(2)17-6-8-19(9-7-17)36-13-18-10-24(34-27(37)23-4-3-5-26(33-23)29(30,31)32)25(12-22(18)28(36)38)35-14-21-11-20(35)15-39-21/h3-5,10,12,16-17,19-21H,6-9,11,13-15H2,1-2H3,(H,34,37)/t17-,19-,20-,21-/m0/s1. The highest BCUT2D eigenvalue weighted by atomic mass is 19.4. The molecule has 4 heterocycles. The first-order chi connectivity index (χ1) is 18.6. The van der Waals surface area contributed by atoms with Gasteiger partial charge < -0.3 is 19.9 Å². The Kier molecular flexibility index (Phi) is 6.56. The van der Waals surface area contributed by atoms with Gasteiger partial charge in [0.2, 0.25) is 0 Å². The van der Waals surface area contributed by atoms with Gasteiger partial charge in [-0.2, -0.15) is 13.2 Å². The lowest BCUT2D eigenvalue weighted by Crippen LogP contribution is -2.39. The van der Waals surface area contributed by atoms with Crippen LogP contribution in [0, 0.1) is 11.8 Å². The van der Waals surface area contributed by atoms with Crippen molar-refractivity contribution in [1.82, 2.24) is 9.88 Å². The molecule has 1 aromatic carbocycles. The summed E-state index contributed by atoms with van der Waals surface area (Å²) in [6, 6.07) is 7.26. The highest BCUT2D eigenvalue weighted by molar-refractivity contribution is 6.07. The summed E-state index contributed by atoms with van der Waals surface area (Å²) in [6.45, 7) is 6.16. The third-order valence-electron chi connectivity index (χ3n) is 8.91. The van der Waals surface area contributed by atoms with E-state index in [9.17, 15) is 22.8 Å². The van der Waals surface area contributed by atoms with Gasteiger partial charge >= 0.3 is 6.18 Å². The van der Waals surface area contributed by atoms with E-state index in [-0.39, 0.29) is 29.8 Å². The van der Waals surface area contributed by atoms with Crippen molar-refractivity contribution in [2.24, 2.45) is 11.8 Å². The molecule has 6 rings (SSSR count). The number of hydrogen-bond donors (Lipinski definition) is 1. The molecule has 2 aromatic rings. The monoisotopic (exact) mass is 542 g/mol. The molecule has 0 spiro atoms. The molecule has 2 atom stereocenters. The molecule has 4 aliphatic rings. The Labute approximate surface area is 225 Å². The molecule has 1 N–H and O–H groups in total. The van der Waals surface area contributed by atoms with Crippen LogP contribution in [0.15, 0.2) is 30.3 Å². The smallest absolute Gasteiger partial charge is 0.374 e. The molecule has 2 bridgehead atoms. The number of amides is 2. The summed E-state index contributed by atoms with van der Waals surface area (Å²) in [6.07, 6.45) is 0.466. The minimum Gasteiger partial charge on any atom is -0.374 e. The Balaban J connectivity index is 1.29. The number of halogens is 3. The zero-order chi connectivity index (χ0) is 27.5. The first-order valence-electron chi connectivity index (χ1n) is 13.8. The molecule has 3 fully saturated rings. The lowest BCUT2D eigenvalue weighted by atomic mass is 9.79. The largest absolute Gasteiger partial charge is 0.433 e. The maximum atomic E-state index is 13.6. The predicted molar refractivity (Wildman–Crippen MR) is 140 cm³/mol. The van der Waals surface area contributed by atoms with E-state index in [4.69, 9.17) is 4.74 Å². The summed E-state index contributed by atoms with van der Waals surface area (Å²) in [5, 5.41) is 2.82. The van der Waals surface area contributed by atoms with Gasteiger partial charge in [-0.15, -0.1) is 0 Å². The van der Waals surface area contributed by atoms with Crippen molar-refractivity contribution >= 4 is 23.2 Å². The number of carbonyl (C=O) groups excluding carboxylic acids is 2. The van der Waals surface area contributed by atoms with E-state index in [1.54, 1.807) is 0 Å². The predicted octanol–water partition coefficient (Wildman–Crippen LogP) is 5.50. The molecule has 3 aliphatic heterocycles. The van der Waals surface area contributed by atoms with Crippen molar-refractivity contribution in [3.05, 3.63) is 52.8 Å². The number of morpholine rings is 1. The Morgan fingerprint density at radius 2 is 1.87 bits per heavy atom. The molecular weight excluding hydrogens is 509 g/mol. The van der Waals surface area contributed by atoms with Crippen molar-refractivity contribution in [2.75, 3.05) is 23.4 Å². The number of nitrogens with zero attached hydrogens (tertiary/aromatic N) is 3. The third-order valence-corrected chi connectivity index (χ3v) is 8.91. The average Bonchev–Trinajstić information content (AvgIpc) is 3.63. The molecule has 0 unspecified atom stereocenters. The van der Waals surface area contributed by atoms with Crippen LogP contribution >= 0.6 is 0 Å². The van der Waals surface area contributed by atoms with Crippen molar-refractivity contribution in [2.45, 2.75) is 76.9 Å². The number of anilines is 2. The molecule has 0 radical (unpaired) electrons. The Hall–Kier alpha value is -3.14. The van der Waals surface area contributed by atoms with Gasteiger partial charge in [0.1, 0.15) is 11.4 Å². The van der Waals surface area contributed by atoms with Crippen molar-refractivity contribution in [3.8, 4) is 0 Å². The molecule has 2 amide bonds. The Morgan fingerprint density at radius 3 is 2.51 bits per heavy atom. The summed E-state index contributed by atoms with van der Waals surface area (Å²) in [7, 11) is 0. The fourth-order valence-corrected chi connectivity index (χ4v) is 6.69. The molecule has 10 heteroatoms. The van der Waals surface area contributed by atoms with E-state index >= 15 is 0 Å². The van der Waals surface area contributed by atoms with E-state index in [0.717, 1.165) is 43.7 Å². The van der Waals surface area contributed by atoms with Crippen LogP contribution in [0.5, 0.6) is 0 Å². The van der Waals surface area contributed by atoms with Gasteiger partial charge in [0.05, 0.1) is 30.1 Å². The number of aromatic nitrogens is 1. The normalized spacial score (nSPS) is 26.5. The van der Waals surface area contributed by atoms with E-state index in [1.807, 2.05) is 17.0 Å². The molecule has 208 valence electrons. The SMILES string of the molecule is CC(C)[C@H]1CC[C@H](N2Cc3cc(NC(=O)c4cccc(C(F)(F)F)n4)c(N4C[C@@H]5C[C@H]4CO5)cc3C2=O)CC1. The second-order valence-electron chi connectivity index (χ2n) is 11.6. The van der Waals surface area contributed by atoms with Crippen LogP contribution in [0.3, 0.4) is 0 Å². The number of fused-ring (bicyclic) bond motifs is 3. The molecule has 39 heavy (non-hydrogen) atoms. The van der Waals surface area contributed by atoms with Gasteiger partial charge in [-0.1, -0.05) is 19.9 Å². The second kappa shape index (κ2) is 9.80. The quantitative estimate of drug-likeness (QED) is 0.540. The van der Waals surface area contributed by atoms with Crippen molar-refractivity contribution in [1.29, 1.82) is 0 Å². The number of hydrogen-bond acceptors (Lipinski definition) is 5. The van der Waals surface area contributed by atoms with Gasteiger partial charge in [0.25, 0.3) is 11.8 Å². The molecule has 2 saturated heterocycles. The Morgan fingerprint density at radius 1 is 1.10 bits per heavy atom. The van der Waals surface area contributed by atoms with Gasteiger partial charge in [-0.05, 0) is 73.8 Å². The summed E-state index contributed by atoms with van der Waals surface area (Å²) in [5.74, 6) is 0.609. The fourth-order valence-electron chi connectivity index (χ4n) is 6.69. The lowest BCUT2D eigenvalue weighted by molar-refractivity contribution is -0.141. The average molecular weight is 543 g/mol. The van der Waals surface area contributed by atoms with Crippen molar-refractivity contribution < 1.29 is 27.5 Å². The summed E-state index contributed by atoms with van der Waals surface area (Å²) in [4.78, 5) is 34.4. The first kappa shape index (κ1) is 26.1. The van der Waals surface area contributed by atoms with Gasteiger partial charge in [0, 0.05) is 24.7 Å². The number of alkyl halides is 3. The number of ether oxygens (including phenoxy) is 1. The number of benzene rings is 1. The van der Waals surface area contributed by atoms with Crippen molar-refractivity contribution in [3.63, 3.8) is 0 Å². The zero-order valence-corrected chi connectivity index (χ0v) is 22.1. The summed E-state index contributed by atoms with van der Waals surface area (Å²) in [5.41, 5.74) is 1.19. The van der Waals surface area contributed by atoms with Gasteiger partial charge in [0.15, 0.2) is 0 Å². The van der Waals surface area contributed by atoms with Crippen LogP contribution in [0.4, 0.5) is 24.5 Å². The maximum absolute atomic E-state index is 13.6. The van der Waals surface area contributed by atoms with Crippen LogP contribution in [-0.4, -0.2) is 53.0 Å². The molecular formula is C29H33F3N4O3. The number of carbonyl (C=O) groups is 2. The summed E-state index contributed by atoms with van der Waals surface area (Å²) < 4.78 is 45.4. The van der Waals surface area contributed by atoms with Crippen LogP contribution in [0.25, 0.3) is 0 Å². The fraction of sp³-hybridized carbons (Fsp3) is 0.552. The number of nitrogens with one attached hydrogen (secondary N) is 1. The first-order valence-corrected chi connectivity index (χ1v) is 13.8. The Bertz CT molecular complexity index is 1290. The van der Waals surface area contributed by atoms with Crippen LogP contribution in [0.1, 0.15) is 78.1 Å². The zero-order valence-electron chi connectivity index (χ0n) is 22.1. The molecule has 1 saturated carbocycles. The summed E-state index contributed by atoms with van der Waals surface area (Å²) >= 11 is 0. The van der Waals surface area contributed by atoms with Crippen LogP contribution in [-0.2, 0) is 17.5 Å². The third kappa shape index (κ3) is 4.88. The number of pyridine rings is 1. The second-order valence-corrected chi connectivity index (χ2v) is 11.6. The molecule has 7 nitrogen and oxygen atoms in total. The van der Waals surface area contributed by atoms with E-state index < -0.39 is 17.8 Å². The minimum atomic E-state index is -4.65. The lowest BCUT2D eigenvalue weighted by Gasteiger charge is -2.36. The topological polar surface area (TPSA) is 74.8 Å². The van der Waals surface area contributed by atoms with E-state index in [0.29, 0.717) is 48.5 Å². The van der Waals surface area contributed by atoms with Crippen LogP contribution < -0.4 is 10.2 Å². The number of rotatable bonds is 5. The van der Waals surface area contributed by atoms with E-state index in [2.05, 4.69) is 29.0 Å². The van der Waals surface area contributed by atoms with Crippen LogP contribution in [0.2, 0.25) is 0 Å². The highest BCUT2D eigenvalue weighted by Crippen LogP contribution is 2.42. The minimum absolute atomic E-state index is 0.0114. The van der Waals surface area contributed by atoms with Gasteiger partial charge in [-0.3, -0.25) is 9.59 Å². The maximum Gasteiger partial charge on any atom is 0.433 e. The molecule has 1 aliphatic carbocycles. The highest BCUT2D eigenvalue weighted by Gasteiger charge is 2.42. The molecule has 1 aromatic heterocycles. The van der Waals surface area contributed by atoms with Gasteiger partial charge in [-0.25, -0.2) is 4.98 Å². The van der Waals surface area contributed by atoms with E-state index in [1.165, 1.54) is 12.1 Å².